The summed E-state index contributed by atoms with van der Waals surface area (Å²) in [6.07, 6.45) is 25.6. The van der Waals surface area contributed by atoms with Gasteiger partial charge in [-0.15, -0.1) is 72.4 Å². The maximum absolute atomic E-state index is 10.1. The predicted octanol–water partition coefficient (Wildman–Crippen LogP) is 27.9. The number of benzene rings is 11. The first-order valence-corrected chi connectivity index (χ1v) is 50.0. The first-order chi connectivity index (χ1) is 67.7. The molecule has 0 aliphatic carbocycles. The Morgan fingerprint density at radius 1 is 0.379 bits per heavy atom. The number of hydrogen-bond acceptors (Lipinski definition) is 18. The Morgan fingerprint density at radius 3 is 1.25 bits per heavy atom. The van der Waals surface area contributed by atoms with E-state index in [4.69, 9.17) is 38.8 Å². The number of pyridine rings is 2. The fourth-order valence-corrected chi connectivity index (χ4v) is 24.0. The molecular weight excluding hydrogens is 2780 g/mol. The summed E-state index contributed by atoms with van der Waals surface area (Å²) in [6.45, 7) is 41.0. The van der Waals surface area contributed by atoms with E-state index in [1.54, 1.807) is 36.3 Å². The number of aryl methyl sites for hydroxylation is 12. The Kier molecular flexibility index (Phi) is 37.1. The third-order valence-electron chi connectivity index (χ3n) is 25.3. The fraction of sp³-hybridized carbons (Fsp3) is 0.207. The summed E-state index contributed by atoms with van der Waals surface area (Å²) < 4.78 is 39.8. The van der Waals surface area contributed by atoms with Gasteiger partial charge >= 0.3 is 5.97 Å². The Bertz CT molecular complexity index is 7600. The molecule has 3 atom stereocenters. The minimum Gasteiger partial charge on any atom is -0.519 e. The van der Waals surface area contributed by atoms with Gasteiger partial charge in [-0.2, -0.15) is 23.5 Å². The van der Waals surface area contributed by atoms with Crippen molar-refractivity contribution >= 4 is 64.4 Å². The molecule has 5 aliphatic heterocycles. The average molecular weight is 2880 g/mol. The van der Waals surface area contributed by atoms with Gasteiger partial charge in [0.15, 0.2) is 5.44 Å². The van der Waals surface area contributed by atoms with Gasteiger partial charge in [0.05, 0.1) is 63.2 Å². The summed E-state index contributed by atoms with van der Waals surface area (Å²) in [4.78, 5) is 48.7. The van der Waals surface area contributed by atoms with Gasteiger partial charge in [0.2, 0.25) is 13.1 Å². The number of ether oxygens (including phenoxy) is 5. The Hall–Kier alpha value is -11.3. The Labute approximate surface area is 932 Å². The molecule has 0 fully saturated rings. The molecule has 11 aromatic carbocycles. The second-order valence-electron chi connectivity index (χ2n) is 35.2. The number of fused-ring (bicyclic) bond motifs is 5. The van der Waals surface area contributed by atoms with Gasteiger partial charge in [0, 0.05) is 220 Å². The smallest absolute Gasteiger partial charge is 0.354 e. The van der Waals surface area contributed by atoms with Crippen LogP contribution in [0.4, 0.5) is 11.4 Å². The summed E-state index contributed by atoms with van der Waals surface area (Å²) >= 11 is 7.36. The van der Waals surface area contributed by atoms with Crippen molar-refractivity contribution in [3.05, 3.63) is 387 Å². The molecular formula is C116H106Ir5N13O7S4-5. The molecule has 145 heavy (non-hydrogen) atoms. The van der Waals surface area contributed by atoms with Crippen molar-refractivity contribution in [2.24, 2.45) is 0 Å². The summed E-state index contributed by atoms with van der Waals surface area (Å²) in [5, 5.41) is 9.66. The number of carboxylic acids is 1. The number of anilines is 2. The molecule has 12 heterocycles. The summed E-state index contributed by atoms with van der Waals surface area (Å²) in [5.41, 5.74) is 35.6. The van der Waals surface area contributed by atoms with Gasteiger partial charge in [-0.05, 0) is 249 Å². The number of aromatic nitrogens is 12. The summed E-state index contributed by atoms with van der Waals surface area (Å²) in [6, 6.07) is 72.1. The SMILES string of the molecule is Cc1c(C)c(C)c(-n2ccnc2-c2[c-]ccc3c2SCS3)c(C)c1C.Cc1cc(C)c(-n2ccnc2-c2[c-]ccc3c2OC(C)O3)c(C)c1.Cc1cc(C)c(-n2ccnc2-c2[c-]ccc3c2OC(c2ccccc2)S3)c(C)c1.Cc1cc(C)c(-n2ccnc2-c2[c-]ccc3c2OCO3)c(C)c1.Cc1cc(C)c(-n2ccnc2-c2[c-]ncc3c2SC(C)N3c2ccccc2)c(C)c1.O=C(O)c1ccccn1.[Ir].[Ir].[Ir].[Ir].[Ir]. The van der Waals surface area contributed by atoms with Crippen LogP contribution in [0.3, 0.4) is 0 Å². The van der Waals surface area contributed by atoms with E-state index in [1.807, 2.05) is 152 Å². The van der Waals surface area contributed by atoms with E-state index in [-0.39, 0.29) is 130 Å². The normalized spacial score (nSPS) is 13.7. The van der Waals surface area contributed by atoms with Gasteiger partial charge in [0.25, 0.3) is 0 Å². The van der Waals surface area contributed by atoms with Crippen LogP contribution in [0.5, 0.6) is 28.7 Å². The maximum Gasteiger partial charge on any atom is 0.354 e. The van der Waals surface area contributed by atoms with Crippen molar-refractivity contribution in [2.75, 3.05) is 16.8 Å². The molecule has 20 nitrogen and oxygen atoms in total. The Balaban J connectivity index is 0.000000148. The zero-order chi connectivity index (χ0) is 98.0. The van der Waals surface area contributed by atoms with Crippen molar-refractivity contribution in [3.8, 4) is 114 Å². The predicted molar refractivity (Wildman–Crippen MR) is 562 cm³/mol. The molecule has 18 aromatic rings. The molecule has 0 saturated carbocycles. The van der Waals surface area contributed by atoms with E-state index in [9.17, 15) is 4.79 Å². The van der Waals surface area contributed by atoms with E-state index in [2.05, 4.69) is 311 Å². The van der Waals surface area contributed by atoms with Crippen LogP contribution in [-0.4, -0.2) is 92.3 Å². The van der Waals surface area contributed by atoms with E-state index in [1.165, 1.54) is 144 Å². The largest absolute Gasteiger partial charge is 0.519 e. The molecule has 0 amide bonds. The first-order valence-electron chi connectivity index (χ1n) is 46.2. The maximum atomic E-state index is 10.1. The zero-order valence-electron chi connectivity index (χ0n) is 83.3. The van der Waals surface area contributed by atoms with Crippen molar-refractivity contribution in [1.82, 2.24) is 57.7 Å². The third kappa shape index (κ3) is 23.2. The van der Waals surface area contributed by atoms with Crippen molar-refractivity contribution in [2.45, 2.75) is 168 Å². The molecule has 3 unspecified atom stereocenters. The molecule has 0 bridgehead atoms. The van der Waals surface area contributed by atoms with Crippen LogP contribution >= 0.6 is 47.0 Å². The molecule has 23 rings (SSSR count). The van der Waals surface area contributed by atoms with E-state index in [0.29, 0.717) is 11.5 Å². The van der Waals surface area contributed by atoms with Crippen LogP contribution in [0.1, 0.15) is 130 Å². The minimum atomic E-state index is -0.990. The number of hydrogen-bond donors (Lipinski definition) is 1. The second-order valence-corrected chi connectivity index (χ2v) is 40.0. The second kappa shape index (κ2) is 48.6. The zero-order valence-corrected chi connectivity index (χ0v) is 98.6. The number of para-hydroxylation sites is 1. The Morgan fingerprint density at radius 2 is 0.786 bits per heavy atom. The first kappa shape index (κ1) is 111. The fourth-order valence-electron chi connectivity index (χ4n) is 19.2. The number of rotatable bonds is 13. The van der Waals surface area contributed by atoms with Crippen LogP contribution in [-0.2, 0) is 101 Å². The van der Waals surface area contributed by atoms with Crippen LogP contribution in [0.15, 0.2) is 270 Å². The van der Waals surface area contributed by atoms with Crippen molar-refractivity contribution < 1.29 is 134 Å². The molecule has 751 valence electrons. The van der Waals surface area contributed by atoms with Crippen LogP contribution in [0.25, 0.3) is 85.4 Å². The monoisotopic (exact) mass is 2890 g/mol. The van der Waals surface area contributed by atoms with Crippen molar-refractivity contribution in [1.29, 1.82) is 0 Å². The molecule has 5 aliphatic rings. The summed E-state index contributed by atoms with van der Waals surface area (Å²) in [7, 11) is 0. The van der Waals surface area contributed by atoms with Gasteiger partial charge in [0.1, 0.15) is 5.69 Å². The van der Waals surface area contributed by atoms with Gasteiger partial charge in [-0.25, -0.2) is 9.78 Å². The molecule has 1 N–H and O–H groups in total. The number of carboxylic acid groups (broad SMARTS) is 1. The number of thioether (sulfide) groups is 4. The minimum absolute atomic E-state index is 0. The van der Waals surface area contributed by atoms with Gasteiger partial charge in [-0.3, -0.25) is 24.9 Å². The van der Waals surface area contributed by atoms with Crippen LogP contribution in [0, 0.1) is 148 Å². The number of aromatic carboxylic acids is 1. The molecule has 0 spiro atoms. The van der Waals surface area contributed by atoms with Gasteiger partial charge in [-0.1, -0.05) is 187 Å². The summed E-state index contributed by atoms with van der Waals surface area (Å²) in [5.74, 6) is 7.10. The molecule has 0 saturated heterocycles. The molecule has 29 heteroatoms. The van der Waals surface area contributed by atoms with Crippen LogP contribution < -0.4 is 28.6 Å². The van der Waals surface area contributed by atoms with Gasteiger partial charge < -0.3 is 61.5 Å². The molecule has 5 radical (unpaired) electrons. The average Bonchev–Trinajstić information content (AvgIpc) is 1.62. The van der Waals surface area contributed by atoms with E-state index < -0.39 is 5.97 Å². The topological polar surface area (TPSA) is 202 Å². The van der Waals surface area contributed by atoms with E-state index >= 15 is 0 Å². The van der Waals surface area contributed by atoms with Crippen LogP contribution in [0.2, 0.25) is 0 Å². The number of nitrogens with zero attached hydrogens (tertiary/aromatic N) is 13. The van der Waals surface area contributed by atoms with Crippen molar-refractivity contribution in [3.63, 3.8) is 0 Å². The third-order valence-corrected chi connectivity index (χ3v) is 30.1. The van der Waals surface area contributed by atoms with E-state index in [0.717, 1.165) is 107 Å². The standard InChI is InChI=1S/C25H23N4S.C25H21N2OS.C21H21N2S2.C20H19N2O2.C19H17N2O2.C6H5NO2.5Ir/c1-16-12-17(2)23(18(3)13-16)28-11-10-27-25(28)21-14-26-15-22-24(21)30-19(4)29(22)20-8-6-5-7-9-20;1-16-14-17(2)22(18(3)15-16)27-13-12-26-24(27)20-10-7-11-21-23(20)28-25(29-21)19-8-5-4-6-9-19;1-12-13(2)15(4)19(16(5)14(12)3)23-10-9-22-21(23)17-7-6-8-18-20(17)25-11-24-18;1-12-10-13(2)18(14(3)11-12)22-9-8-21-20(22)16-6-5-7-17-19(16)24-15(4)23-17;1-12-9-13(2)17(14(3)10-12)21-8-7-20-19(21)15-5-4-6-16-18(15)23-11-22-16;8-6(9)5-3-1-2-4-7-5;;;;;/h5-13,15,19H,1-4H3;4-9,11-15,25H,1-3H3;6,8-10H,11H2,1-5H3;5,7-11,15H,1-4H3;4,6-10H,11H2,1-3H3;1-4H,(H,8,9);;;;;/q5*-1;;;;;;. The number of carbonyl (C=O) groups is 1. The number of imidazole rings is 5. The molecule has 7 aromatic heterocycles. The quantitative estimate of drug-likeness (QED) is 0.107.